The Morgan fingerprint density at radius 2 is 1.76 bits per heavy atom. The average molecular weight is 382 g/mol. The Morgan fingerprint density at radius 1 is 1.12 bits per heavy atom. The van der Waals surface area contributed by atoms with Crippen LogP contribution >= 0.6 is 11.8 Å². The molecule has 2 rings (SSSR count). The number of carbonyl (C=O) groups is 1. The van der Waals surface area contributed by atoms with E-state index in [4.69, 9.17) is 0 Å². The fourth-order valence-electron chi connectivity index (χ4n) is 2.00. The van der Waals surface area contributed by atoms with Gasteiger partial charge < -0.3 is 5.32 Å². The van der Waals surface area contributed by atoms with Gasteiger partial charge >= 0.3 is 0 Å². The minimum atomic E-state index is -3.56. The number of hydrogen-bond donors (Lipinski definition) is 2. The zero-order valence-electron chi connectivity index (χ0n) is 13.8. The van der Waals surface area contributed by atoms with Crippen molar-refractivity contribution >= 4 is 33.4 Å². The molecule has 0 aliphatic carbocycles. The van der Waals surface area contributed by atoms with Crippen molar-refractivity contribution in [3.05, 3.63) is 54.3 Å². The standard InChI is InChI=1S/C17H19FN2O3S2/c1-12(2)20-25(22,23)14-9-7-13(8-10-14)19-17(21)11-24-16-6-4-3-5-15(16)18/h3-10,12,20H,11H2,1-2H3,(H,19,21). The van der Waals surface area contributed by atoms with Crippen LogP contribution in [0.15, 0.2) is 58.3 Å². The topological polar surface area (TPSA) is 75.3 Å². The second kappa shape index (κ2) is 8.46. The lowest BCUT2D eigenvalue weighted by Crippen LogP contribution is -2.30. The number of benzene rings is 2. The molecule has 0 atom stereocenters. The minimum Gasteiger partial charge on any atom is -0.325 e. The Balaban J connectivity index is 1.94. The van der Waals surface area contributed by atoms with Crippen molar-refractivity contribution in [3.8, 4) is 0 Å². The average Bonchev–Trinajstić information content (AvgIpc) is 2.53. The molecule has 25 heavy (non-hydrogen) atoms. The first-order valence-corrected chi connectivity index (χ1v) is 10.0. The summed E-state index contributed by atoms with van der Waals surface area (Å²) in [5.41, 5.74) is 0.475. The molecule has 2 aromatic rings. The van der Waals surface area contributed by atoms with E-state index in [0.717, 1.165) is 11.8 Å². The quantitative estimate of drug-likeness (QED) is 0.721. The molecule has 0 saturated carbocycles. The number of hydrogen-bond acceptors (Lipinski definition) is 4. The number of halogens is 1. The van der Waals surface area contributed by atoms with Gasteiger partial charge in [0.25, 0.3) is 0 Å². The lowest BCUT2D eigenvalue weighted by Gasteiger charge is -2.10. The number of thioether (sulfide) groups is 1. The van der Waals surface area contributed by atoms with E-state index in [1.54, 1.807) is 32.0 Å². The molecule has 0 radical (unpaired) electrons. The van der Waals surface area contributed by atoms with Crippen molar-refractivity contribution in [3.63, 3.8) is 0 Å². The highest BCUT2D eigenvalue weighted by molar-refractivity contribution is 8.00. The van der Waals surface area contributed by atoms with Gasteiger partial charge in [-0.3, -0.25) is 4.79 Å². The molecule has 134 valence electrons. The molecule has 8 heteroatoms. The van der Waals surface area contributed by atoms with Gasteiger partial charge in [-0.1, -0.05) is 12.1 Å². The molecule has 0 aromatic heterocycles. The summed E-state index contributed by atoms with van der Waals surface area (Å²) in [4.78, 5) is 12.5. The summed E-state index contributed by atoms with van der Waals surface area (Å²) in [6.07, 6.45) is 0. The second-order valence-corrected chi connectivity index (χ2v) is 8.30. The van der Waals surface area contributed by atoms with E-state index < -0.39 is 10.0 Å². The van der Waals surface area contributed by atoms with E-state index >= 15 is 0 Å². The number of anilines is 1. The molecule has 0 spiro atoms. The third-order valence-corrected chi connectivity index (χ3v) is 5.76. The molecule has 2 N–H and O–H groups in total. The number of rotatable bonds is 7. The van der Waals surface area contributed by atoms with Crippen LogP contribution in [-0.2, 0) is 14.8 Å². The molecule has 0 fully saturated rings. The fraction of sp³-hybridized carbons (Fsp3) is 0.235. The van der Waals surface area contributed by atoms with Crippen LogP contribution in [0.4, 0.5) is 10.1 Å². The van der Waals surface area contributed by atoms with Gasteiger partial charge in [0.15, 0.2) is 0 Å². The number of nitrogens with one attached hydrogen (secondary N) is 2. The molecule has 2 aromatic carbocycles. The summed E-state index contributed by atoms with van der Waals surface area (Å²) < 4.78 is 40.0. The lowest BCUT2D eigenvalue weighted by atomic mass is 10.3. The Bertz CT molecular complexity index is 837. The molecule has 0 saturated heterocycles. The number of amides is 1. The van der Waals surface area contributed by atoms with Crippen molar-refractivity contribution in [2.45, 2.75) is 29.7 Å². The molecular formula is C17H19FN2O3S2. The summed E-state index contributed by atoms with van der Waals surface area (Å²) in [7, 11) is -3.56. The molecule has 0 heterocycles. The van der Waals surface area contributed by atoms with E-state index in [-0.39, 0.29) is 28.4 Å². The monoisotopic (exact) mass is 382 g/mol. The zero-order chi connectivity index (χ0) is 18.4. The molecule has 1 amide bonds. The summed E-state index contributed by atoms with van der Waals surface area (Å²) >= 11 is 1.10. The van der Waals surface area contributed by atoms with Crippen molar-refractivity contribution in [1.82, 2.24) is 4.72 Å². The smallest absolute Gasteiger partial charge is 0.240 e. The van der Waals surface area contributed by atoms with Gasteiger partial charge in [-0.2, -0.15) is 0 Å². The predicted molar refractivity (Wildman–Crippen MR) is 97.7 cm³/mol. The van der Waals surface area contributed by atoms with Gasteiger partial charge in [-0.05, 0) is 50.2 Å². The van der Waals surface area contributed by atoms with Gasteiger partial charge in [0.2, 0.25) is 15.9 Å². The van der Waals surface area contributed by atoms with E-state index in [1.807, 2.05) is 0 Å². The molecule has 0 aliphatic rings. The van der Waals surface area contributed by atoms with Gasteiger partial charge in [0.05, 0.1) is 10.6 Å². The first kappa shape index (κ1) is 19.4. The number of sulfonamides is 1. The van der Waals surface area contributed by atoms with Crippen LogP contribution in [0, 0.1) is 5.82 Å². The molecule has 0 unspecified atom stereocenters. The first-order valence-electron chi connectivity index (χ1n) is 7.57. The first-order chi connectivity index (χ1) is 11.8. The van der Waals surface area contributed by atoms with E-state index in [1.165, 1.54) is 30.3 Å². The normalized spacial score (nSPS) is 11.5. The SMILES string of the molecule is CC(C)NS(=O)(=O)c1ccc(NC(=O)CSc2ccccc2F)cc1. The summed E-state index contributed by atoms with van der Waals surface area (Å²) in [5, 5.41) is 2.65. The van der Waals surface area contributed by atoms with Gasteiger partial charge in [0.1, 0.15) is 5.82 Å². The summed E-state index contributed by atoms with van der Waals surface area (Å²) in [6.45, 7) is 3.47. The highest BCUT2D eigenvalue weighted by Crippen LogP contribution is 2.21. The molecule has 0 bridgehead atoms. The summed E-state index contributed by atoms with van der Waals surface area (Å²) in [5.74, 6) is -0.618. The maximum atomic E-state index is 13.5. The van der Waals surface area contributed by atoms with Crippen LogP contribution < -0.4 is 10.0 Å². The van der Waals surface area contributed by atoms with Crippen LogP contribution in [0.2, 0.25) is 0 Å². The molecule has 0 aliphatic heterocycles. The van der Waals surface area contributed by atoms with Crippen LogP contribution in [0.5, 0.6) is 0 Å². The Kier molecular flexibility index (Phi) is 6.57. The van der Waals surface area contributed by atoms with Crippen LogP contribution in [0.3, 0.4) is 0 Å². The van der Waals surface area contributed by atoms with E-state index in [2.05, 4.69) is 10.0 Å². The van der Waals surface area contributed by atoms with Crippen LogP contribution in [0.25, 0.3) is 0 Å². The highest BCUT2D eigenvalue weighted by Gasteiger charge is 2.15. The Hall–Kier alpha value is -1.90. The Labute approximate surface area is 151 Å². The largest absolute Gasteiger partial charge is 0.325 e. The zero-order valence-corrected chi connectivity index (χ0v) is 15.5. The van der Waals surface area contributed by atoms with Crippen LogP contribution in [-0.4, -0.2) is 26.1 Å². The van der Waals surface area contributed by atoms with Crippen molar-refractivity contribution < 1.29 is 17.6 Å². The number of carbonyl (C=O) groups excluding carboxylic acids is 1. The third kappa shape index (κ3) is 5.84. The molecular weight excluding hydrogens is 363 g/mol. The third-order valence-electron chi connectivity index (χ3n) is 3.03. The minimum absolute atomic E-state index is 0.0515. The molecule has 5 nitrogen and oxygen atoms in total. The maximum absolute atomic E-state index is 13.5. The summed E-state index contributed by atoms with van der Waals surface area (Å²) in [6, 6.07) is 11.9. The predicted octanol–water partition coefficient (Wildman–Crippen LogP) is 3.24. The van der Waals surface area contributed by atoms with Crippen molar-refractivity contribution in [1.29, 1.82) is 0 Å². The highest BCUT2D eigenvalue weighted by atomic mass is 32.2. The second-order valence-electron chi connectivity index (χ2n) is 5.57. The van der Waals surface area contributed by atoms with Crippen molar-refractivity contribution in [2.75, 3.05) is 11.1 Å². The Morgan fingerprint density at radius 3 is 2.36 bits per heavy atom. The van der Waals surface area contributed by atoms with E-state index in [0.29, 0.717) is 10.6 Å². The van der Waals surface area contributed by atoms with Crippen molar-refractivity contribution in [2.24, 2.45) is 0 Å². The lowest BCUT2D eigenvalue weighted by molar-refractivity contribution is -0.113. The maximum Gasteiger partial charge on any atom is 0.240 e. The van der Waals surface area contributed by atoms with Gasteiger partial charge in [-0.25, -0.2) is 17.5 Å². The van der Waals surface area contributed by atoms with E-state index in [9.17, 15) is 17.6 Å². The van der Waals surface area contributed by atoms with Gasteiger partial charge in [0, 0.05) is 16.6 Å². The fourth-order valence-corrected chi connectivity index (χ4v) is 3.99. The van der Waals surface area contributed by atoms with Crippen LogP contribution in [0.1, 0.15) is 13.8 Å². The van der Waals surface area contributed by atoms with Gasteiger partial charge in [-0.15, -0.1) is 11.8 Å².